The van der Waals surface area contributed by atoms with Crippen LogP contribution in [0, 0.1) is 0 Å². The summed E-state index contributed by atoms with van der Waals surface area (Å²) in [5.74, 6) is -1.08. The maximum atomic E-state index is 11.4. The zero-order valence-corrected chi connectivity index (χ0v) is 12.7. The van der Waals surface area contributed by atoms with Crippen LogP contribution in [0.15, 0.2) is 57.2 Å². The fourth-order valence-electron chi connectivity index (χ4n) is 1.68. The number of hydrogen-bond donors (Lipinski definition) is 2. The smallest absolute Gasteiger partial charge is 0.337 e. The highest BCUT2D eigenvalue weighted by molar-refractivity contribution is 7.99. The number of anilines is 1. The van der Waals surface area contributed by atoms with Crippen molar-refractivity contribution in [3.05, 3.63) is 48.0 Å². The van der Waals surface area contributed by atoms with Crippen LogP contribution in [-0.4, -0.2) is 25.7 Å². The fraction of sp³-hybridized carbons (Fsp3) is 0.0714. The second-order valence-electron chi connectivity index (χ2n) is 4.40. The molecular weight excluding hydrogens is 310 g/mol. The van der Waals surface area contributed by atoms with Gasteiger partial charge in [0, 0.05) is 21.7 Å². The summed E-state index contributed by atoms with van der Waals surface area (Å²) in [5, 5.41) is 9.03. The Kier molecular flexibility index (Phi) is 4.24. The largest absolute Gasteiger partial charge is 0.478 e. The van der Waals surface area contributed by atoms with Crippen molar-refractivity contribution < 1.29 is 18.3 Å². The summed E-state index contributed by atoms with van der Waals surface area (Å²) >= 11 is 1.33. The van der Waals surface area contributed by atoms with Crippen molar-refractivity contribution in [1.82, 2.24) is 0 Å². The molecule has 2 aromatic carbocycles. The SMILES string of the molecule is CS(=O)(=O)c1ccc(Sc2ccc(N)c(C(=O)O)c2)cc1. The standard InChI is InChI=1S/C14H13NO4S2/c1-21(18,19)11-5-2-9(3-6-11)20-10-4-7-13(15)12(8-10)14(16)17/h2-8H,15H2,1H3,(H,16,17). The number of hydrogen-bond acceptors (Lipinski definition) is 5. The summed E-state index contributed by atoms with van der Waals surface area (Å²) < 4.78 is 22.7. The highest BCUT2D eigenvalue weighted by Crippen LogP contribution is 2.30. The van der Waals surface area contributed by atoms with Gasteiger partial charge in [0.1, 0.15) is 0 Å². The van der Waals surface area contributed by atoms with E-state index in [0.717, 1.165) is 11.2 Å². The molecule has 0 aliphatic rings. The molecule has 0 atom stereocenters. The van der Waals surface area contributed by atoms with Crippen LogP contribution in [0.25, 0.3) is 0 Å². The quantitative estimate of drug-likeness (QED) is 0.839. The molecule has 0 saturated heterocycles. The molecule has 110 valence electrons. The van der Waals surface area contributed by atoms with Gasteiger partial charge in [-0.05, 0) is 42.5 Å². The van der Waals surface area contributed by atoms with Gasteiger partial charge >= 0.3 is 5.97 Å². The predicted molar refractivity (Wildman–Crippen MR) is 81.5 cm³/mol. The van der Waals surface area contributed by atoms with E-state index in [2.05, 4.69) is 0 Å². The van der Waals surface area contributed by atoms with Gasteiger partial charge in [-0.25, -0.2) is 13.2 Å². The molecule has 21 heavy (non-hydrogen) atoms. The highest BCUT2D eigenvalue weighted by atomic mass is 32.2. The van der Waals surface area contributed by atoms with Gasteiger partial charge in [-0.1, -0.05) is 11.8 Å². The average Bonchev–Trinajstić information content (AvgIpc) is 2.40. The Balaban J connectivity index is 2.26. The van der Waals surface area contributed by atoms with Gasteiger partial charge in [-0.3, -0.25) is 0 Å². The average molecular weight is 323 g/mol. The molecule has 0 aliphatic carbocycles. The summed E-state index contributed by atoms with van der Waals surface area (Å²) in [6, 6.07) is 11.1. The molecule has 0 spiro atoms. The van der Waals surface area contributed by atoms with Gasteiger partial charge in [0.25, 0.3) is 0 Å². The van der Waals surface area contributed by atoms with E-state index in [1.165, 1.54) is 36.0 Å². The molecule has 0 fully saturated rings. The molecule has 2 aromatic rings. The van der Waals surface area contributed by atoms with E-state index in [0.29, 0.717) is 4.90 Å². The summed E-state index contributed by atoms with van der Waals surface area (Å²) in [5.41, 5.74) is 5.85. The molecule has 0 heterocycles. The molecular formula is C14H13NO4S2. The summed E-state index contributed by atoms with van der Waals surface area (Å²) in [6.07, 6.45) is 1.15. The lowest BCUT2D eigenvalue weighted by atomic mass is 10.2. The zero-order chi connectivity index (χ0) is 15.6. The molecule has 0 unspecified atom stereocenters. The minimum atomic E-state index is -3.22. The first-order valence-corrected chi connectivity index (χ1v) is 8.59. The van der Waals surface area contributed by atoms with Crippen LogP contribution in [0.3, 0.4) is 0 Å². The Hall–Kier alpha value is -1.99. The second-order valence-corrected chi connectivity index (χ2v) is 7.56. The Bertz CT molecular complexity index is 783. The number of nitrogen functional groups attached to an aromatic ring is 1. The molecule has 3 N–H and O–H groups in total. The van der Waals surface area contributed by atoms with Crippen molar-refractivity contribution in [2.45, 2.75) is 14.7 Å². The van der Waals surface area contributed by atoms with Crippen LogP contribution in [0.1, 0.15) is 10.4 Å². The molecule has 5 nitrogen and oxygen atoms in total. The van der Waals surface area contributed by atoms with Gasteiger partial charge in [0.2, 0.25) is 0 Å². The maximum absolute atomic E-state index is 11.4. The van der Waals surface area contributed by atoms with E-state index in [1.54, 1.807) is 18.2 Å². The van der Waals surface area contributed by atoms with Crippen LogP contribution < -0.4 is 5.73 Å². The third-order valence-corrected chi connectivity index (χ3v) is 4.87. The first kappa shape index (κ1) is 15.4. The third kappa shape index (κ3) is 3.77. The number of carbonyl (C=O) groups is 1. The van der Waals surface area contributed by atoms with Crippen molar-refractivity contribution in [3.8, 4) is 0 Å². The minimum Gasteiger partial charge on any atom is -0.478 e. The number of aromatic carboxylic acids is 1. The molecule has 2 rings (SSSR count). The van der Waals surface area contributed by atoms with Crippen molar-refractivity contribution >= 4 is 33.3 Å². The van der Waals surface area contributed by atoms with E-state index in [9.17, 15) is 13.2 Å². The van der Waals surface area contributed by atoms with Crippen LogP contribution in [-0.2, 0) is 9.84 Å². The number of rotatable bonds is 4. The minimum absolute atomic E-state index is 0.0488. The molecule has 0 aliphatic heterocycles. The number of carboxylic acid groups (broad SMARTS) is 1. The van der Waals surface area contributed by atoms with E-state index in [4.69, 9.17) is 10.8 Å². The van der Waals surface area contributed by atoms with E-state index >= 15 is 0 Å². The monoisotopic (exact) mass is 323 g/mol. The van der Waals surface area contributed by atoms with E-state index in [1.807, 2.05) is 0 Å². The van der Waals surface area contributed by atoms with Gasteiger partial charge in [0.15, 0.2) is 9.84 Å². The number of benzene rings is 2. The van der Waals surface area contributed by atoms with Gasteiger partial charge < -0.3 is 10.8 Å². The fourth-order valence-corrected chi connectivity index (χ4v) is 3.16. The Morgan fingerprint density at radius 1 is 1.10 bits per heavy atom. The molecule has 0 saturated carbocycles. The molecule has 0 bridgehead atoms. The summed E-state index contributed by atoms with van der Waals surface area (Å²) in [7, 11) is -3.22. The van der Waals surface area contributed by atoms with Crippen LogP contribution in [0.5, 0.6) is 0 Å². The summed E-state index contributed by atoms with van der Waals surface area (Å²) in [4.78, 5) is 12.8. The second kappa shape index (κ2) is 5.79. The predicted octanol–water partition coefficient (Wildman–Crippen LogP) is 2.52. The lowest BCUT2D eigenvalue weighted by Crippen LogP contribution is -2.02. The first-order valence-electron chi connectivity index (χ1n) is 5.88. The van der Waals surface area contributed by atoms with E-state index < -0.39 is 15.8 Å². The van der Waals surface area contributed by atoms with Crippen LogP contribution in [0.4, 0.5) is 5.69 Å². The van der Waals surface area contributed by atoms with Crippen molar-refractivity contribution in [3.63, 3.8) is 0 Å². The van der Waals surface area contributed by atoms with Crippen LogP contribution in [0.2, 0.25) is 0 Å². The lowest BCUT2D eigenvalue weighted by Gasteiger charge is -2.06. The van der Waals surface area contributed by atoms with Crippen molar-refractivity contribution in [2.75, 3.05) is 12.0 Å². The van der Waals surface area contributed by atoms with Crippen molar-refractivity contribution in [1.29, 1.82) is 0 Å². The first-order chi connectivity index (χ1) is 9.77. The molecule has 0 aromatic heterocycles. The zero-order valence-electron chi connectivity index (χ0n) is 11.1. The molecule has 0 amide bonds. The Morgan fingerprint density at radius 2 is 1.67 bits per heavy atom. The Morgan fingerprint density at radius 3 is 2.19 bits per heavy atom. The van der Waals surface area contributed by atoms with E-state index in [-0.39, 0.29) is 16.1 Å². The Labute approximate surface area is 126 Å². The topological polar surface area (TPSA) is 97.5 Å². The number of sulfone groups is 1. The number of carboxylic acids is 1. The van der Waals surface area contributed by atoms with Gasteiger partial charge in [0.05, 0.1) is 10.5 Å². The van der Waals surface area contributed by atoms with Gasteiger partial charge in [-0.15, -0.1) is 0 Å². The third-order valence-electron chi connectivity index (χ3n) is 2.74. The summed E-state index contributed by atoms with van der Waals surface area (Å²) in [6.45, 7) is 0. The van der Waals surface area contributed by atoms with Crippen LogP contribution >= 0.6 is 11.8 Å². The molecule has 7 heteroatoms. The number of nitrogens with two attached hydrogens (primary N) is 1. The van der Waals surface area contributed by atoms with Crippen molar-refractivity contribution in [2.24, 2.45) is 0 Å². The normalized spacial score (nSPS) is 11.3. The lowest BCUT2D eigenvalue weighted by molar-refractivity contribution is 0.0697. The molecule has 0 radical (unpaired) electrons. The van der Waals surface area contributed by atoms with Gasteiger partial charge in [-0.2, -0.15) is 0 Å². The highest BCUT2D eigenvalue weighted by Gasteiger charge is 2.10. The maximum Gasteiger partial charge on any atom is 0.337 e.